The molecule has 0 saturated carbocycles. The summed E-state index contributed by atoms with van der Waals surface area (Å²) < 4.78 is 11.6. The maximum atomic E-state index is 13.4. The molecule has 0 spiro atoms. The van der Waals surface area contributed by atoms with Gasteiger partial charge in [0, 0.05) is 19.7 Å². The molecule has 1 fully saturated rings. The molecule has 1 aliphatic heterocycles. The minimum atomic E-state index is -1.53. The molecule has 29 heavy (non-hydrogen) atoms. The van der Waals surface area contributed by atoms with Gasteiger partial charge in [0.25, 0.3) is 5.91 Å². The van der Waals surface area contributed by atoms with Crippen molar-refractivity contribution >= 4 is 17.9 Å². The van der Waals surface area contributed by atoms with Crippen molar-refractivity contribution in [2.45, 2.75) is 25.6 Å². The summed E-state index contributed by atoms with van der Waals surface area (Å²) in [6.45, 7) is 4.11. The second-order valence-corrected chi connectivity index (χ2v) is 6.62. The Bertz CT molecular complexity index is 830. The molecule has 152 valence electrons. The normalized spacial score (nSPS) is 15.0. The van der Waals surface area contributed by atoms with Crippen LogP contribution in [-0.2, 0) is 24.7 Å². The van der Waals surface area contributed by atoms with Crippen LogP contribution in [0.5, 0.6) is 0 Å². The van der Waals surface area contributed by atoms with Crippen molar-refractivity contribution in [3.05, 3.63) is 71.8 Å². The Hall–Kier alpha value is -3.19. The largest absolute Gasteiger partial charge is 0.450 e. The highest BCUT2D eigenvalue weighted by atomic mass is 16.6. The Morgan fingerprint density at radius 3 is 2.07 bits per heavy atom. The van der Waals surface area contributed by atoms with E-state index in [1.165, 1.54) is 6.92 Å². The van der Waals surface area contributed by atoms with Crippen LogP contribution in [0.2, 0.25) is 0 Å². The standard InChI is InChI=1S/C22H24N2O5/c1-3-28-22(17-10-6-4-7-11-17,18-12-8-5-9-13-18)20(26)29-16(2)19(25)24-15-14-23-21(24)27/h4-13,16H,3,14-15H2,1-2H3,(H,23,27)/t16-/m0/s1. The monoisotopic (exact) mass is 396 g/mol. The van der Waals surface area contributed by atoms with E-state index in [0.29, 0.717) is 17.7 Å². The van der Waals surface area contributed by atoms with E-state index in [2.05, 4.69) is 5.32 Å². The number of carbonyl (C=O) groups excluding carboxylic acids is 3. The molecule has 1 saturated heterocycles. The molecule has 3 rings (SSSR count). The second-order valence-electron chi connectivity index (χ2n) is 6.62. The summed E-state index contributed by atoms with van der Waals surface area (Å²) in [4.78, 5) is 38.9. The maximum Gasteiger partial charge on any atom is 0.348 e. The van der Waals surface area contributed by atoms with Crippen LogP contribution in [0.1, 0.15) is 25.0 Å². The molecule has 3 amide bonds. The number of nitrogens with zero attached hydrogens (tertiary/aromatic N) is 1. The molecule has 2 aromatic carbocycles. The van der Waals surface area contributed by atoms with Crippen LogP contribution >= 0.6 is 0 Å². The SMILES string of the molecule is CCOC(C(=O)O[C@@H](C)C(=O)N1CCNC1=O)(c1ccccc1)c1ccccc1. The zero-order valence-electron chi connectivity index (χ0n) is 16.5. The van der Waals surface area contributed by atoms with E-state index in [1.54, 1.807) is 31.2 Å². The molecule has 0 aliphatic carbocycles. The second kappa shape index (κ2) is 8.87. The predicted molar refractivity (Wildman–Crippen MR) is 106 cm³/mol. The van der Waals surface area contributed by atoms with Gasteiger partial charge in [-0.3, -0.25) is 9.69 Å². The zero-order chi connectivity index (χ0) is 20.9. The Labute approximate surface area is 169 Å². The van der Waals surface area contributed by atoms with Gasteiger partial charge in [-0.15, -0.1) is 0 Å². The molecule has 1 aliphatic rings. The first-order chi connectivity index (χ1) is 14.0. The molecular formula is C22H24N2O5. The molecule has 1 atom stereocenters. The third-order valence-corrected chi connectivity index (χ3v) is 4.76. The van der Waals surface area contributed by atoms with Gasteiger partial charge in [-0.1, -0.05) is 60.7 Å². The molecule has 0 unspecified atom stereocenters. The number of rotatable bonds is 7. The molecule has 1 heterocycles. The molecule has 7 nitrogen and oxygen atoms in total. The highest BCUT2D eigenvalue weighted by molar-refractivity contribution is 5.99. The Morgan fingerprint density at radius 1 is 1.07 bits per heavy atom. The zero-order valence-corrected chi connectivity index (χ0v) is 16.5. The fourth-order valence-corrected chi connectivity index (χ4v) is 3.39. The van der Waals surface area contributed by atoms with Gasteiger partial charge in [0.1, 0.15) is 0 Å². The van der Waals surface area contributed by atoms with E-state index in [-0.39, 0.29) is 13.2 Å². The summed E-state index contributed by atoms with van der Waals surface area (Å²) in [5.74, 6) is -1.28. The fraction of sp³-hybridized carbons (Fsp3) is 0.318. The summed E-state index contributed by atoms with van der Waals surface area (Å²) in [5, 5.41) is 2.56. The minimum Gasteiger partial charge on any atom is -0.450 e. The highest BCUT2D eigenvalue weighted by Crippen LogP contribution is 2.35. The van der Waals surface area contributed by atoms with Crippen LogP contribution in [0.15, 0.2) is 60.7 Å². The van der Waals surface area contributed by atoms with Crippen LogP contribution < -0.4 is 5.32 Å². The van der Waals surface area contributed by atoms with Crippen molar-refractivity contribution in [1.29, 1.82) is 0 Å². The number of hydrogen-bond acceptors (Lipinski definition) is 5. The van der Waals surface area contributed by atoms with Crippen LogP contribution in [-0.4, -0.2) is 48.6 Å². The van der Waals surface area contributed by atoms with Gasteiger partial charge in [-0.2, -0.15) is 0 Å². The number of hydrogen-bond donors (Lipinski definition) is 1. The first kappa shape index (κ1) is 20.5. The van der Waals surface area contributed by atoms with Gasteiger partial charge in [0.05, 0.1) is 0 Å². The van der Waals surface area contributed by atoms with Gasteiger partial charge in [0.15, 0.2) is 6.10 Å². The Kier molecular flexibility index (Phi) is 6.29. The third kappa shape index (κ3) is 4.00. The lowest BCUT2D eigenvalue weighted by Gasteiger charge is -2.33. The number of esters is 1. The lowest BCUT2D eigenvalue weighted by atomic mass is 9.86. The summed E-state index contributed by atoms with van der Waals surface area (Å²) >= 11 is 0. The summed E-state index contributed by atoms with van der Waals surface area (Å²) in [6.07, 6.45) is -1.14. The molecule has 0 radical (unpaired) electrons. The van der Waals surface area contributed by atoms with Gasteiger partial charge in [0.2, 0.25) is 5.60 Å². The molecule has 1 N–H and O–H groups in total. The number of carbonyl (C=O) groups is 3. The average molecular weight is 396 g/mol. The predicted octanol–water partition coefficient (Wildman–Crippen LogP) is 2.45. The summed E-state index contributed by atoms with van der Waals surface area (Å²) in [6, 6.07) is 17.6. The van der Waals surface area contributed by atoms with Crippen LogP contribution in [0, 0.1) is 0 Å². The smallest absolute Gasteiger partial charge is 0.348 e. The first-order valence-electron chi connectivity index (χ1n) is 9.56. The van der Waals surface area contributed by atoms with Crippen molar-refractivity contribution < 1.29 is 23.9 Å². The summed E-state index contributed by atoms with van der Waals surface area (Å²) in [7, 11) is 0. The van der Waals surface area contributed by atoms with Crippen molar-refractivity contribution in [1.82, 2.24) is 10.2 Å². The van der Waals surface area contributed by atoms with E-state index in [1.807, 2.05) is 36.4 Å². The number of ether oxygens (including phenoxy) is 2. The quantitative estimate of drug-likeness (QED) is 0.727. The molecule has 0 aromatic heterocycles. The number of urea groups is 1. The van der Waals surface area contributed by atoms with E-state index in [9.17, 15) is 14.4 Å². The van der Waals surface area contributed by atoms with E-state index < -0.39 is 29.6 Å². The Morgan fingerprint density at radius 2 is 1.62 bits per heavy atom. The number of nitrogens with one attached hydrogen (secondary N) is 1. The molecule has 2 aromatic rings. The summed E-state index contributed by atoms with van der Waals surface area (Å²) in [5.41, 5.74) is -0.341. The van der Waals surface area contributed by atoms with Crippen molar-refractivity contribution in [2.75, 3.05) is 19.7 Å². The van der Waals surface area contributed by atoms with Gasteiger partial charge >= 0.3 is 12.0 Å². The molecule has 7 heteroatoms. The van der Waals surface area contributed by atoms with Crippen molar-refractivity contribution in [2.24, 2.45) is 0 Å². The highest BCUT2D eigenvalue weighted by Gasteiger charge is 2.46. The van der Waals surface area contributed by atoms with Crippen molar-refractivity contribution in [3.8, 4) is 0 Å². The van der Waals surface area contributed by atoms with Crippen LogP contribution in [0.3, 0.4) is 0 Å². The van der Waals surface area contributed by atoms with Gasteiger partial charge in [-0.25, -0.2) is 9.59 Å². The lowest BCUT2D eigenvalue weighted by molar-refractivity contribution is -0.177. The topological polar surface area (TPSA) is 84.9 Å². The number of imide groups is 1. The van der Waals surface area contributed by atoms with Gasteiger partial charge < -0.3 is 14.8 Å². The number of amides is 3. The molecular weight excluding hydrogens is 372 g/mol. The van der Waals surface area contributed by atoms with Crippen molar-refractivity contribution in [3.63, 3.8) is 0 Å². The molecule has 0 bridgehead atoms. The minimum absolute atomic E-state index is 0.244. The Balaban J connectivity index is 1.96. The van der Waals surface area contributed by atoms with E-state index in [0.717, 1.165) is 4.90 Å². The van der Waals surface area contributed by atoms with E-state index >= 15 is 0 Å². The maximum absolute atomic E-state index is 13.4. The third-order valence-electron chi connectivity index (χ3n) is 4.76. The number of benzene rings is 2. The average Bonchev–Trinajstić information content (AvgIpc) is 3.18. The first-order valence-corrected chi connectivity index (χ1v) is 9.56. The fourth-order valence-electron chi connectivity index (χ4n) is 3.39. The van der Waals surface area contributed by atoms with Gasteiger partial charge in [-0.05, 0) is 25.0 Å². The van der Waals surface area contributed by atoms with Crippen LogP contribution in [0.4, 0.5) is 4.79 Å². The lowest BCUT2D eigenvalue weighted by Crippen LogP contribution is -2.47. The van der Waals surface area contributed by atoms with E-state index in [4.69, 9.17) is 9.47 Å². The van der Waals surface area contributed by atoms with Crippen LogP contribution in [0.25, 0.3) is 0 Å².